The Balaban J connectivity index is 1.49. The first-order valence-corrected chi connectivity index (χ1v) is 8.18. The SMILES string of the molecule is CN1CCN(Cc2ccc(-c3cnc4[nH]ccc4c3)cc2)CC1=O. The maximum absolute atomic E-state index is 11.8. The highest BCUT2D eigenvalue weighted by Crippen LogP contribution is 2.23. The van der Waals surface area contributed by atoms with Crippen LogP contribution in [0.5, 0.6) is 0 Å². The summed E-state index contributed by atoms with van der Waals surface area (Å²) in [6.45, 7) is 3.05. The third-order valence-electron chi connectivity index (χ3n) is 4.63. The van der Waals surface area contributed by atoms with Crippen LogP contribution in [0.1, 0.15) is 5.56 Å². The van der Waals surface area contributed by atoms with Gasteiger partial charge in [-0.2, -0.15) is 0 Å². The number of aromatic amines is 1. The molecule has 0 spiro atoms. The zero-order valence-electron chi connectivity index (χ0n) is 13.7. The fourth-order valence-corrected chi connectivity index (χ4v) is 3.10. The zero-order valence-corrected chi connectivity index (χ0v) is 13.7. The molecule has 0 aliphatic carbocycles. The predicted molar refractivity (Wildman–Crippen MR) is 94.4 cm³/mol. The molecule has 0 atom stereocenters. The lowest BCUT2D eigenvalue weighted by atomic mass is 10.0. The molecule has 3 aromatic rings. The highest BCUT2D eigenvalue weighted by molar-refractivity contribution is 5.81. The van der Waals surface area contributed by atoms with Gasteiger partial charge in [-0.05, 0) is 23.3 Å². The van der Waals surface area contributed by atoms with E-state index in [9.17, 15) is 4.79 Å². The minimum Gasteiger partial charge on any atom is -0.346 e. The molecule has 1 aromatic carbocycles. The Kier molecular flexibility index (Phi) is 3.78. The number of amides is 1. The second kappa shape index (κ2) is 6.09. The van der Waals surface area contributed by atoms with Crippen molar-refractivity contribution in [2.75, 3.05) is 26.7 Å². The number of likely N-dealkylation sites (N-methyl/N-ethyl adjacent to an activating group) is 1. The number of carbonyl (C=O) groups is 1. The second-order valence-corrected chi connectivity index (χ2v) is 6.36. The van der Waals surface area contributed by atoms with Crippen LogP contribution in [-0.2, 0) is 11.3 Å². The number of rotatable bonds is 3. The fraction of sp³-hybridized carbons (Fsp3) is 0.263. The number of fused-ring (bicyclic) bond motifs is 1. The maximum Gasteiger partial charge on any atom is 0.236 e. The molecule has 122 valence electrons. The molecule has 1 saturated heterocycles. The summed E-state index contributed by atoms with van der Waals surface area (Å²) in [6.07, 6.45) is 3.80. The molecule has 1 amide bonds. The summed E-state index contributed by atoms with van der Waals surface area (Å²) in [6, 6.07) is 12.7. The third-order valence-corrected chi connectivity index (χ3v) is 4.63. The van der Waals surface area contributed by atoms with E-state index < -0.39 is 0 Å². The molecular weight excluding hydrogens is 300 g/mol. The van der Waals surface area contributed by atoms with Crippen molar-refractivity contribution in [1.82, 2.24) is 19.8 Å². The van der Waals surface area contributed by atoms with Gasteiger partial charge in [-0.25, -0.2) is 4.98 Å². The van der Waals surface area contributed by atoms with E-state index in [1.165, 1.54) is 5.56 Å². The summed E-state index contributed by atoms with van der Waals surface area (Å²) < 4.78 is 0. The standard InChI is InChI=1S/C19H20N4O/c1-22-8-9-23(13-18(22)24)12-14-2-4-15(5-3-14)17-10-16-6-7-20-19(16)21-11-17/h2-7,10-11H,8-9,12-13H2,1H3,(H,20,21). The molecule has 1 N–H and O–H groups in total. The summed E-state index contributed by atoms with van der Waals surface area (Å²) in [5.74, 6) is 0.198. The summed E-state index contributed by atoms with van der Waals surface area (Å²) in [4.78, 5) is 23.3. The van der Waals surface area contributed by atoms with Gasteiger partial charge in [0.15, 0.2) is 0 Å². The van der Waals surface area contributed by atoms with Crippen LogP contribution in [0.2, 0.25) is 0 Å². The van der Waals surface area contributed by atoms with E-state index in [4.69, 9.17) is 0 Å². The van der Waals surface area contributed by atoms with Gasteiger partial charge >= 0.3 is 0 Å². The van der Waals surface area contributed by atoms with E-state index in [2.05, 4.69) is 45.2 Å². The van der Waals surface area contributed by atoms with Crippen molar-refractivity contribution in [1.29, 1.82) is 0 Å². The molecule has 24 heavy (non-hydrogen) atoms. The number of H-pyrrole nitrogens is 1. The molecule has 1 aliphatic rings. The molecule has 0 unspecified atom stereocenters. The molecule has 0 saturated carbocycles. The monoisotopic (exact) mass is 320 g/mol. The number of nitrogens with one attached hydrogen (secondary N) is 1. The average molecular weight is 320 g/mol. The van der Waals surface area contributed by atoms with Crippen LogP contribution < -0.4 is 0 Å². The second-order valence-electron chi connectivity index (χ2n) is 6.36. The van der Waals surface area contributed by atoms with Crippen molar-refractivity contribution in [2.45, 2.75) is 6.54 Å². The van der Waals surface area contributed by atoms with Crippen LogP contribution in [0.4, 0.5) is 0 Å². The third kappa shape index (κ3) is 2.90. The van der Waals surface area contributed by atoms with Crippen LogP contribution in [0.3, 0.4) is 0 Å². The first-order chi connectivity index (χ1) is 11.7. The molecule has 2 aromatic heterocycles. The Labute approximate surface area is 140 Å². The van der Waals surface area contributed by atoms with Crippen molar-refractivity contribution in [3.05, 3.63) is 54.4 Å². The first kappa shape index (κ1) is 14.9. The van der Waals surface area contributed by atoms with Gasteiger partial charge in [0.05, 0.1) is 6.54 Å². The van der Waals surface area contributed by atoms with Gasteiger partial charge in [-0.1, -0.05) is 24.3 Å². The Bertz CT molecular complexity index is 868. The maximum atomic E-state index is 11.8. The highest BCUT2D eigenvalue weighted by Gasteiger charge is 2.20. The number of piperazine rings is 1. The van der Waals surface area contributed by atoms with Gasteiger partial charge in [0.1, 0.15) is 5.65 Å². The van der Waals surface area contributed by atoms with E-state index >= 15 is 0 Å². The molecule has 3 heterocycles. The van der Waals surface area contributed by atoms with E-state index in [-0.39, 0.29) is 5.91 Å². The van der Waals surface area contributed by atoms with Gasteiger partial charge in [0.2, 0.25) is 5.91 Å². The number of hydrogen-bond donors (Lipinski definition) is 1. The molecule has 0 radical (unpaired) electrons. The molecule has 1 fully saturated rings. The average Bonchev–Trinajstić information content (AvgIpc) is 3.06. The van der Waals surface area contributed by atoms with E-state index in [1.807, 2.05) is 25.5 Å². The number of hydrogen-bond acceptors (Lipinski definition) is 3. The summed E-state index contributed by atoms with van der Waals surface area (Å²) in [5, 5.41) is 1.12. The molecule has 0 bridgehead atoms. The van der Waals surface area contributed by atoms with Crippen molar-refractivity contribution in [2.24, 2.45) is 0 Å². The lowest BCUT2D eigenvalue weighted by Crippen LogP contribution is -2.47. The zero-order chi connectivity index (χ0) is 16.5. The Morgan fingerprint density at radius 3 is 2.75 bits per heavy atom. The van der Waals surface area contributed by atoms with Crippen LogP contribution in [0.15, 0.2) is 48.8 Å². The number of aromatic nitrogens is 2. The Morgan fingerprint density at radius 2 is 1.96 bits per heavy atom. The number of carbonyl (C=O) groups excluding carboxylic acids is 1. The van der Waals surface area contributed by atoms with Crippen molar-refractivity contribution in [3.63, 3.8) is 0 Å². The number of pyridine rings is 1. The number of benzene rings is 1. The lowest BCUT2D eigenvalue weighted by molar-refractivity contribution is -0.134. The van der Waals surface area contributed by atoms with E-state index in [1.54, 1.807) is 4.90 Å². The quantitative estimate of drug-likeness (QED) is 0.807. The molecule has 5 nitrogen and oxygen atoms in total. The lowest BCUT2D eigenvalue weighted by Gasteiger charge is -2.31. The van der Waals surface area contributed by atoms with Crippen LogP contribution in [0.25, 0.3) is 22.2 Å². The topological polar surface area (TPSA) is 52.2 Å². The normalized spacial score (nSPS) is 16.0. The van der Waals surface area contributed by atoms with E-state index in [0.29, 0.717) is 6.54 Å². The summed E-state index contributed by atoms with van der Waals surface area (Å²) in [5.41, 5.74) is 4.41. The van der Waals surface area contributed by atoms with Gasteiger partial charge in [0.25, 0.3) is 0 Å². The van der Waals surface area contributed by atoms with Crippen LogP contribution >= 0.6 is 0 Å². The molecule has 5 heteroatoms. The Hall–Kier alpha value is -2.66. The van der Waals surface area contributed by atoms with Gasteiger partial charge < -0.3 is 9.88 Å². The minimum atomic E-state index is 0.198. The molecule has 1 aliphatic heterocycles. The van der Waals surface area contributed by atoms with Crippen molar-refractivity contribution < 1.29 is 4.79 Å². The Morgan fingerprint density at radius 1 is 1.12 bits per heavy atom. The van der Waals surface area contributed by atoms with Crippen LogP contribution in [0, 0.1) is 0 Å². The van der Waals surface area contributed by atoms with Gasteiger partial charge in [-0.3, -0.25) is 9.69 Å². The highest BCUT2D eigenvalue weighted by atomic mass is 16.2. The fourth-order valence-electron chi connectivity index (χ4n) is 3.10. The van der Waals surface area contributed by atoms with Gasteiger partial charge in [-0.15, -0.1) is 0 Å². The smallest absolute Gasteiger partial charge is 0.236 e. The largest absolute Gasteiger partial charge is 0.346 e. The minimum absolute atomic E-state index is 0.198. The summed E-state index contributed by atoms with van der Waals surface area (Å²) in [7, 11) is 1.86. The van der Waals surface area contributed by atoms with Crippen molar-refractivity contribution in [3.8, 4) is 11.1 Å². The molecular formula is C19H20N4O. The molecule has 4 rings (SSSR count). The predicted octanol–water partition coefficient (Wildman–Crippen LogP) is 2.50. The van der Waals surface area contributed by atoms with Crippen LogP contribution in [-0.4, -0.2) is 52.4 Å². The van der Waals surface area contributed by atoms with Gasteiger partial charge in [0, 0.05) is 50.0 Å². The van der Waals surface area contributed by atoms with Crippen molar-refractivity contribution >= 4 is 16.9 Å². The first-order valence-electron chi connectivity index (χ1n) is 8.18. The summed E-state index contributed by atoms with van der Waals surface area (Å²) >= 11 is 0. The number of nitrogens with zero attached hydrogens (tertiary/aromatic N) is 3. The van der Waals surface area contributed by atoms with E-state index in [0.717, 1.165) is 41.8 Å².